The Balaban J connectivity index is 0. The van der Waals surface area contributed by atoms with Gasteiger partial charge in [-0.1, -0.05) is 6.58 Å². The first-order valence-corrected chi connectivity index (χ1v) is 3.91. The van der Waals surface area contributed by atoms with Crippen molar-refractivity contribution in [2.24, 2.45) is 0 Å². The fourth-order valence-electron chi connectivity index (χ4n) is 0.566. The first-order valence-electron chi connectivity index (χ1n) is 3.91. The van der Waals surface area contributed by atoms with Crippen LogP contribution in [-0.2, 0) is 9.53 Å². The molecule has 0 radical (unpaired) electrons. The van der Waals surface area contributed by atoms with Gasteiger partial charge in [0.15, 0.2) is 0 Å². The summed E-state index contributed by atoms with van der Waals surface area (Å²) >= 11 is 0. The van der Waals surface area contributed by atoms with Crippen molar-refractivity contribution in [3.63, 3.8) is 0 Å². The monoisotopic (exact) mass is 274 g/mol. The Hall–Kier alpha value is -0.210. The Kier molecular flexibility index (Phi) is 8.19. The van der Waals surface area contributed by atoms with E-state index in [1.807, 2.05) is 0 Å². The topological polar surface area (TPSA) is 26.3 Å². The van der Waals surface area contributed by atoms with Crippen LogP contribution in [0, 0.1) is 0 Å². The minimum absolute atomic E-state index is 0. The standard InChI is InChI=1S/C8H8F6O2.Na.H/c1-3(2)6(15)16-7(12)8(13,14)4(9)5(10)11;;/h4-5,7H,1H2,2H3;;. The predicted molar refractivity (Wildman–Crippen MR) is 48.8 cm³/mol. The second-order valence-corrected chi connectivity index (χ2v) is 2.91. The van der Waals surface area contributed by atoms with Gasteiger partial charge >= 0.3 is 47.8 Å². The number of carbonyl (C=O) groups is 1. The van der Waals surface area contributed by atoms with Gasteiger partial charge in [0.1, 0.15) is 0 Å². The fraction of sp³-hybridized carbons (Fsp3) is 0.625. The van der Waals surface area contributed by atoms with Crippen LogP contribution in [0.3, 0.4) is 0 Å². The summed E-state index contributed by atoms with van der Waals surface area (Å²) < 4.78 is 76.6. The molecule has 0 fully saturated rings. The Morgan fingerprint density at radius 2 is 1.65 bits per heavy atom. The number of halogens is 6. The molecule has 0 amide bonds. The molecule has 0 saturated carbocycles. The molecule has 0 spiro atoms. The van der Waals surface area contributed by atoms with Gasteiger partial charge in [0.2, 0.25) is 6.17 Å². The summed E-state index contributed by atoms with van der Waals surface area (Å²) in [6.45, 7) is 3.96. The van der Waals surface area contributed by atoms with Crippen LogP contribution >= 0.6 is 0 Å². The molecule has 0 aliphatic carbocycles. The molecule has 9 heteroatoms. The third-order valence-electron chi connectivity index (χ3n) is 1.45. The molecule has 0 aliphatic heterocycles. The maximum atomic E-state index is 12.6. The average Bonchev–Trinajstić information content (AvgIpc) is 2.15. The van der Waals surface area contributed by atoms with Crippen molar-refractivity contribution >= 4 is 35.5 Å². The summed E-state index contributed by atoms with van der Waals surface area (Å²) in [4.78, 5) is 10.6. The zero-order chi connectivity index (χ0) is 13.1. The van der Waals surface area contributed by atoms with E-state index in [0.717, 1.165) is 6.92 Å². The molecule has 96 valence electrons. The number of ether oxygens (including phenoxy) is 1. The molecule has 0 aromatic rings. The number of esters is 1. The van der Waals surface area contributed by atoms with E-state index in [4.69, 9.17) is 0 Å². The molecule has 0 rings (SSSR count). The molecule has 0 bridgehead atoms. The van der Waals surface area contributed by atoms with Crippen LogP contribution < -0.4 is 0 Å². The first-order chi connectivity index (χ1) is 7.10. The number of alkyl halides is 6. The van der Waals surface area contributed by atoms with Crippen LogP contribution in [0.25, 0.3) is 0 Å². The molecule has 0 saturated heterocycles. The summed E-state index contributed by atoms with van der Waals surface area (Å²) in [5.41, 5.74) is -0.425. The number of carbonyl (C=O) groups excluding carboxylic acids is 1. The molecule has 0 aromatic heterocycles. The third kappa shape index (κ3) is 5.31. The van der Waals surface area contributed by atoms with E-state index in [1.54, 1.807) is 0 Å². The van der Waals surface area contributed by atoms with E-state index >= 15 is 0 Å². The van der Waals surface area contributed by atoms with Crippen molar-refractivity contribution in [1.82, 2.24) is 0 Å². The normalized spacial score (nSPS) is 14.8. The van der Waals surface area contributed by atoms with Gasteiger partial charge < -0.3 is 4.74 Å². The summed E-state index contributed by atoms with van der Waals surface area (Å²) in [7, 11) is 0. The van der Waals surface area contributed by atoms with Gasteiger partial charge in [0, 0.05) is 5.57 Å². The summed E-state index contributed by atoms with van der Waals surface area (Å²) in [6.07, 6.45) is -11.9. The average molecular weight is 274 g/mol. The number of hydrogen-bond donors (Lipinski definition) is 0. The quantitative estimate of drug-likeness (QED) is 0.332. The summed E-state index contributed by atoms with van der Waals surface area (Å²) in [5, 5.41) is 0. The van der Waals surface area contributed by atoms with E-state index < -0.39 is 36.4 Å². The molecule has 2 atom stereocenters. The zero-order valence-electron chi connectivity index (χ0n) is 8.02. The van der Waals surface area contributed by atoms with Gasteiger partial charge in [-0.15, -0.1) is 0 Å². The van der Waals surface area contributed by atoms with Crippen molar-refractivity contribution in [2.75, 3.05) is 0 Å². The van der Waals surface area contributed by atoms with Crippen molar-refractivity contribution in [3.05, 3.63) is 12.2 Å². The Morgan fingerprint density at radius 3 is 1.94 bits per heavy atom. The van der Waals surface area contributed by atoms with Crippen LogP contribution in [0.1, 0.15) is 6.92 Å². The second kappa shape index (κ2) is 7.27. The summed E-state index contributed by atoms with van der Waals surface area (Å²) in [5.74, 6) is -6.67. The molecule has 2 nitrogen and oxygen atoms in total. The molecule has 17 heavy (non-hydrogen) atoms. The Labute approximate surface area is 115 Å². The minimum atomic E-state index is -5.11. The molecule has 0 aromatic carbocycles. The third-order valence-corrected chi connectivity index (χ3v) is 1.45. The van der Waals surface area contributed by atoms with Crippen LogP contribution in [0.4, 0.5) is 26.3 Å². The van der Waals surface area contributed by atoms with Crippen LogP contribution in [0.15, 0.2) is 12.2 Å². The Morgan fingerprint density at radius 1 is 1.24 bits per heavy atom. The van der Waals surface area contributed by atoms with Crippen molar-refractivity contribution < 1.29 is 35.9 Å². The fourth-order valence-corrected chi connectivity index (χ4v) is 0.566. The molecule has 0 N–H and O–H groups in total. The molecule has 0 aliphatic rings. The second-order valence-electron chi connectivity index (χ2n) is 2.91. The first kappa shape index (κ1) is 19.1. The van der Waals surface area contributed by atoms with Gasteiger partial charge in [-0.05, 0) is 6.92 Å². The Bertz CT molecular complexity index is 283. The number of hydrogen-bond acceptors (Lipinski definition) is 2. The van der Waals surface area contributed by atoms with Gasteiger partial charge in [-0.3, -0.25) is 0 Å². The maximum absolute atomic E-state index is 12.6. The SMILES string of the molecule is C=C(C)C(=O)OC(F)C(F)(F)C(F)C(F)F.[NaH]. The van der Waals surface area contributed by atoms with E-state index in [9.17, 15) is 31.1 Å². The molecular formula is C8H9F6NaO2. The van der Waals surface area contributed by atoms with Crippen LogP contribution in [-0.4, -0.2) is 60.4 Å². The molecule has 0 heterocycles. The molecule has 2 unspecified atom stereocenters. The van der Waals surface area contributed by atoms with Gasteiger partial charge in [0.25, 0.3) is 6.43 Å². The van der Waals surface area contributed by atoms with Crippen LogP contribution in [0.5, 0.6) is 0 Å². The van der Waals surface area contributed by atoms with Crippen molar-refractivity contribution in [2.45, 2.75) is 31.8 Å². The van der Waals surface area contributed by atoms with Crippen molar-refractivity contribution in [3.8, 4) is 0 Å². The van der Waals surface area contributed by atoms with Gasteiger partial charge in [-0.25, -0.2) is 18.0 Å². The summed E-state index contributed by atoms with van der Waals surface area (Å²) in [6, 6.07) is 0. The van der Waals surface area contributed by atoms with Gasteiger partial charge in [0.05, 0.1) is 0 Å². The van der Waals surface area contributed by atoms with E-state index in [-0.39, 0.29) is 29.6 Å². The van der Waals surface area contributed by atoms with E-state index in [2.05, 4.69) is 11.3 Å². The van der Waals surface area contributed by atoms with Crippen LogP contribution in [0.2, 0.25) is 0 Å². The zero-order valence-corrected chi connectivity index (χ0v) is 8.02. The molecular weight excluding hydrogens is 265 g/mol. The number of rotatable bonds is 5. The predicted octanol–water partition coefficient (Wildman–Crippen LogP) is 1.99. The van der Waals surface area contributed by atoms with Crippen molar-refractivity contribution in [1.29, 1.82) is 0 Å². The van der Waals surface area contributed by atoms with E-state index in [0.29, 0.717) is 0 Å². The van der Waals surface area contributed by atoms with Gasteiger partial charge in [-0.2, -0.15) is 13.2 Å². The van der Waals surface area contributed by atoms with E-state index in [1.165, 1.54) is 0 Å².